The van der Waals surface area contributed by atoms with Gasteiger partial charge >= 0.3 is 0 Å². The second-order valence-corrected chi connectivity index (χ2v) is 4.84. The zero-order chi connectivity index (χ0) is 12.7. The van der Waals surface area contributed by atoms with E-state index in [-0.39, 0.29) is 6.10 Å². The van der Waals surface area contributed by atoms with Gasteiger partial charge in [-0.2, -0.15) is 0 Å². The van der Waals surface area contributed by atoms with E-state index in [4.69, 9.17) is 27.9 Å². The van der Waals surface area contributed by atoms with Gasteiger partial charge in [0.05, 0.1) is 11.1 Å². The van der Waals surface area contributed by atoms with E-state index in [1.54, 1.807) is 12.1 Å². The molecule has 0 aromatic heterocycles. The van der Waals surface area contributed by atoms with E-state index in [0.717, 1.165) is 25.9 Å². The van der Waals surface area contributed by atoms with Gasteiger partial charge in [-0.15, -0.1) is 0 Å². The zero-order valence-electron chi connectivity index (χ0n) is 10.3. The number of halogens is 2. The van der Waals surface area contributed by atoms with Gasteiger partial charge in [0.15, 0.2) is 0 Å². The first-order valence-electron chi connectivity index (χ1n) is 5.96. The van der Waals surface area contributed by atoms with Gasteiger partial charge in [-0.3, -0.25) is 0 Å². The van der Waals surface area contributed by atoms with E-state index in [2.05, 4.69) is 19.2 Å². The molecular weight excluding hydrogens is 257 g/mol. The topological polar surface area (TPSA) is 21.3 Å². The molecule has 17 heavy (non-hydrogen) atoms. The van der Waals surface area contributed by atoms with Gasteiger partial charge in [-0.1, -0.05) is 30.1 Å². The molecule has 0 aliphatic carbocycles. The molecule has 0 aliphatic rings. The molecule has 0 radical (unpaired) electrons. The van der Waals surface area contributed by atoms with E-state index in [1.165, 1.54) is 0 Å². The summed E-state index contributed by atoms with van der Waals surface area (Å²) < 4.78 is 5.76. The predicted molar refractivity (Wildman–Crippen MR) is 74.3 cm³/mol. The minimum atomic E-state index is 0.160. The minimum absolute atomic E-state index is 0.160. The molecule has 0 fully saturated rings. The van der Waals surface area contributed by atoms with Crippen molar-refractivity contribution in [2.45, 2.75) is 32.8 Å². The quantitative estimate of drug-likeness (QED) is 0.755. The molecule has 1 atom stereocenters. The minimum Gasteiger partial charge on any atom is -0.489 e. The van der Waals surface area contributed by atoms with E-state index in [9.17, 15) is 0 Å². The summed E-state index contributed by atoms with van der Waals surface area (Å²) in [6.07, 6.45) is 2.26. The Morgan fingerprint density at radius 1 is 1.35 bits per heavy atom. The van der Waals surface area contributed by atoms with Crippen LogP contribution in [0.4, 0.5) is 0 Å². The molecule has 0 saturated carbocycles. The highest BCUT2D eigenvalue weighted by atomic mass is 35.5. The number of rotatable bonds is 7. The highest BCUT2D eigenvalue weighted by Gasteiger charge is 2.07. The highest BCUT2D eigenvalue weighted by Crippen LogP contribution is 2.28. The van der Waals surface area contributed by atoms with Crippen molar-refractivity contribution < 1.29 is 4.74 Å². The molecule has 0 heterocycles. The van der Waals surface area contributed by atoms with Crippen molar-refractivity contribution >= 4 is 23.2 Å². The van der Waals surface area contributed by atoms with Crippen molar-refractivity contribution in [1.82, 2.24) is 5.32 Å². The second-order valence-electron chi connectivity index (χ2n) is 4.00. The van der Waals surface area contributed by atoms with Crippen LogP contribution < -0.4 is 10.1 Å². The van der Waals surface area contributed by atoms with E-state index >= 15 is 0 Å². The van der Waals surface area contributed by atoms with Crippen molar-refractivity contribution in [3.63, 3.8) is 0 Å². The largest absolute Gasteiger partial charge is 0.489 e. The number of hydrogen-bond donors (Lipinski definition) is 1. The van der Waals surface area contributed by atoms with E-state index in [0.29, 0.717) is 15.8 Å². The van der Waals surface area contributed by atoms with Gasteiger partial charge in [-0.05, 0) is 51.1 Å². The summed E-state index contributed by atoms with van der Waals surface area (Å²) in [5.41, 5.74) is 0. The fourth-order valence-electron chi connectivity index (χ4n) is 1.54. The maximum atomic E-state index is 6.04. The van der Waals surface area contributed by atoms with Crippen LogP contribution in [0.15, 0.2) is 18.2 Å². The van der Waals surface area contributed by atoms with Crippen LogP contribution >= 0.6 is 23.2 Å². The molecule has 1 aromatic carbocycles. The normalized spacial score (nSPS) is 12.5. The summed E-state index contributed by atoms with van der Waals surface area (Å²) in [7, 11) is 0. The third-order valence-electron chi connectivity index (χ3n) is 2.44. The van der Waals surface area contributed by atoms with Crippen molar-refractivity contribution in [2.75, 3.05) is 13.1 Å². The fraction of sp³-hybridized carbons (Fsp3) is 0.538. The van der Waals surface area contributed by atoms with Crippen LogP contribution in [0.1, 0.15) is 26.7 Å². The summed E-state index contributed by atoms with van der Waals surface area (Å²) >= 11 is 11.9. The molecule has 0 spiro atoms. The van der Waals surface area contributed by atoms with Crippen LogP contribution in [0.2, 0.25) is 10.0 Å². The Balaban J connectivity index is 2.37. The van der Waals surface area contributed by atoms with Crippen LogP contribution in [0.25, 0.3) is 0 Å². The molecule has 2 nitrogen and oxygen atoms in total. The van der Waals surface area contributed by atoms with Crippen LogP contribution in [-0.2, 0) is 0 Å². The highest BCUT2D eigenvalue weighted by molar-refractivity contribution is 6.35. The molecule has 1 N–H and O–H groups in total. The first-order valence-corrected chi connectivity index (χ1v) is 6.71. The summed E-state index contributed by atoms with van der Waals surface area (Å²) in [4.78, 5) is 0. The van der Waals surface area contributed by atoms with Gasteiger partial charge in [-0.25, -0.2) is 0 Å². The first kappa shape index (κ1) is 14.6. The maximum Gasteiger partial charge on any atom is 0.138 e. The molecule has 1 aromatic rings. The standard InChI is InChI=1S/C13H19Cl2NO/c1-3-16-8-4-5-10(2)17-13-7-6-11(14)9-12(13)15/h6-7,9-10,16H,3-5,8H2,1-2H3. The third kappa shape index (κ3) is 5.62. The van der Waals surface area contributed by atoms with Crippen LogP contribution in [0, 0.1) is 0 Å². The molecule has 96 valence electrons. The Morgan fingerprint density at radius 3 is 2.76 bits per heavy atom. The number of ether oxygens (including phenoxy) is 1. The lowest BCUT2D eigenvalue weighted by atomic mass is 10.2. The number of nitrogens with one attached hydrogen (secondary N) is 1. The average molecular weight is 276 g/mol. The summed E-state index contributed by atoms with van der Waals surface area (Å²) in [6, 6.07) is 5.30. The SMILES string of the molecule is CCNCCCC(C)Oc1ccc(Cl)cc1Cl. The van der Waals surface area contributed by atoms with Crippen molar-refractivity contribution in [2.24, 2.45) is 0 Å². The predicted octanol–water partition coefficient (Wildman–Crippen LogP) is 4.15. The van der Waals surface area contributed by atoms with Crippen molar-refractivity contribution in [3.05, 3.63) is 28.2 Å². The van der Waals surface area contributed by atoms with Gasteiger partial charge < -0.3 is 10.1 Å². The van der Waals surface area contributed by atoms with E-state index < -0.39 is 0 Å². The molecular formula is C13H19Cl2NO. The van der Waals surface area contributed by atoms with Crippen molar-refractivity contribution in [1.29, 1.82) is 0 Å². The average Bonchev–Trinajstić information content (AvgIpc) is 2.28. The van der Waals surface area contributed by atoms with Crippen LogP contribution in [-0.4, -0.2) is 19.2 Å². The first-order chi connectivity index (χ1) is 8.13. The van der Waals surface area contributed by atoms with E-state index in [1.807, 2.05) is 6.07 Å². The molecule has 0 bridgehead atoms. The smallest absolute Gasteiger partial charge is 0.138 e. The Bertz CT molecular complexity index is 344. The molecule has 1 rings (SSSR count). The number of benzene rings is 1. The Morgan fingerprint density at radius 2 is 2.12 bits per heavy atom. The summed E-state index contributed by atoms with van der Waals surface area (Å²) in [5.74, 6) is 0.701. The molecule has 0 amide bonds. The third-order valence-corrected chi connectivity index (χ3v) is 2.97. The second kappa shape index (κ2) is 7.80. The van der Waals surface area contributed by atoms with Gasteiger partial charge in [0.1, 0.15) is 5.75 Å². The molecule has 0 aliphatic heterocycles. The zero-order valence-corrected chi connectivity index (χ0v) is 11.8. The Labute approximate surface area is 113 Å². The lowest BCUT2D eigenvalue weighted by Gasteiger charge is -2.15. The fourth-order valence-corrected chi connectivity index (χ4v) is 1.99. The summed E-state index contributed by atoms with van der Waals surface area (Å²) in [6.45, 7) is 6.20. The monoisotopic (exact) mass is 275 g/mol. The Hall–Kier alpha value is -0.440. The lowest BCUT2D eigenvalue weighted by molar-refractivity contribution is 0.208. The van der Waals surface area contributed by atoms with Gasteiger partial charge in [0, 0.05) is 5.02 Å². The van der Waals surface area contributed by atoms with Crippen LogP contribution in [0.3, 0.4) is 0 Å². The molecule has 0 saturated heterocycles. The van der Waals surface area contributed by atoms with Crippen molar-refractivity contribution in [3.8, 4) is 5.75 Å². The Kier molecular flexibility index (Phi) is 6.71. The summed E-state index contributed by atoms with van der Waals surface area (Å²) in [5, 5.41) is 4.48. The maximum absolute atomic E-state index is 6.04. The molecule has 1 unspecified atom stereocenters. The lowest BCUT2D eigenvalue weighted by Crippen LogP contribution is -2.18. The van der Waals surface area contributed by atoms with Gasteiger partial charge in [0.2, 0.25) is 0 Å². The number of hydrogen-bond acceptors (Lipinski definition) is 2. The molecule has 4 heteroatoms. The van der Waals surface area contributed by atoms with Gasteiger partial charge in [0.25, 0.3) is 0 Å². The van der Waals surface area contributed by atoms with Crippen LogP contribution in [0.5, 0.6) is 5.75 Å².